The van der Waals surface area contributed by atoms with Crippen LogP contribution in [0.5, 0.6) is 11.5 Å². The van der Waals surface area contributed by atoms with Crippen LogP contribution in [0, 0.1) is 5.82 Å². The van der Waals surface area contributed by atoms with Gasteiger partial charge in [-0.1, -0.05) is 11.6 Å². The Hall–Kier alpha value is -3.43. The molecule has 1 aliphatic rings. The van der Waals surface area contributed by atoms with Crippen LogP contribution in [0.25, 0.3) is 0 Å². The standard InChI is InChI=1S/C22H16ClFN2O5S/c1-13(27)18-10-20-21(31-12-30-20)11-19(18)25-22(14-2-6-16(24)7-3-14)26-32(28,29)17-8-4-15(23)5-9-17/h2-11H,12H2,1H3,(H,25,26)/p+1. The molecule has 0 aliphatic carbocycles. The highest BCUT2D eigenvalue weighted by Gasteiger charge is 2.26. The summed E-state index contributed by atoms with van der Waals surface area (Å²) < 4.78 is 52.6. The number of fused-ring (bicyclic) bond motifs is 1. The number of sulfonamides is 1. The van der Waals surface area contributed by atoms with E-state index in [1.54, 1.807) is 6.07 Å². The van der Waals surface area contributed by atoms with Gasteiger partial charge in [0, 0.05) is 11.1 Å². The Morgan fingerprint density at radius 1 is 1.03 bits per heavy atom. The molecule has 0 bridgehead atoms. The largest absolute Gasteiger partial charge is 0.454 e. The molecule has 0 saturated heterocycles. The molecule has 0 amide bonds. The van der Waals surface area contributed by atoms with E-state index < -0.39 is 15.8 Å². The van der Waals surface area contributed by atoms with Gasteiger partial charge in [0.05, 0.1) is 11.1 Å². The monoisotopic (exact) mass is 475 g/mol. The summed E-state index contributed by atoms with van der Waals surface area (Å²) in [5.74, 6) is 0.0645. The van der Waals surface area contributed by atoms with Crippen LogP contribution < -0.4 is 19.2 Å². The van der Waals surface area contributed by atoms with Gasteiger partial charge >= 0.3 is 10.0 Å². The average molecular weight is 476 g/mol. The number of anilines is 1. The van der Waals surface area contributed by atoms with Crippen molar-refractivity contribution in [3.8, 4) is 11.5 Å². The minimum Gasteiger partial charge on any atom is -0.454 e. The third-order valence-electron chi connectivity index (χ3n) is 4.64. The fourth-order valence-electron chi connectivity index (χ4n) is 3.05. The highest BCUT2D eigenvalue weighted by atomic mass is 35.5. The lowest BCUT2D eigenvalue weighted by atomic mass is 10.1. The Labute approximate surface area is 188 Å². The zero-order valence-electron chi connectivity index (χ0n) is 16.7. The predicted octanol–water partition coefficient (Wildman–Crippen LogP) is 2.74. The van der Waals surface area contributed by atoms with Gasteiger partial charge in [0.25, 0.3) is 5.84 Å². The first kappa shape index (κ1) is 21.8. The van der Waals surface area contributed by atoms with E-state index in [-0.39, 0.29) is 28.9 Å². The molecule has 164 valence electrons. The average Bonchev–Trinajstić information content (AvgIpc) is 3.21. The molecule has 3 aromatic rings. The van der Waals surface area contributed by atoms with E-state index >= 15 is 0 Å². The number of hydrogen-bond acceptors (Lipinski definition) is 5. The Bertz CT molecular complexity index is 1320. The van der Waals surface area contributed by atoms with Gasteiger partial charge in [-0.05, 0) is 61.5 Å². The summed E-state index contributed by atoms with van der Waals surface area (Å²) in [7, 11) is -4.04. The molecule has 4 rings (SSSR count). The zero-order chi connectivity index (χ0) is 22.9. The summed E-state index contributed by atoms with van der Waals surface area (Å²) in [4.78, 5) is 12.2. The second kappa shape index (κ2) is 8.60. The summed E-state index contributed by atoms with van der Waals surface area (Å²) in [6.45, 7) is 1.38. The lowest BCUT2D eigenvalue weighted by Crippen LogP contribution is -2.78. The quantitative estimate of drug-likeness (QED) is 0.335. The van der Waals surface area contributed by atoms with Gasteiger partial charge < -0.3 is 9.47 Å². The second-order valence-corrected chi connectivity index (χ2v) is 8.99. The summed E-state index contributed by atoms with van der Waals surface area (Å²) in [5, 5.41) is 3.34. The number of carbonyl (C=O) groups excluding carboxylic acids is 1. The number of Topliss-reactive ketones (excluding diaryl/α,β-unsaturated/α-hetero) is 1. The van der Waals surface area contributed by atoms with E-state index in [9.17, 15) is 17.6 Å². The lowest BCUT2D eigenvalue weighted by Gasteiger charge is -2.09. The van der Waals surface area contributed by atoms with Crippen molar-refractivity contribution in [2.75, 3.05) is 12.1 Å². The van der Waals surface area contributed by atoms with Crippen molar-refractivity contribution in [1.82, 2.24) is 0 Å². The number of amidine groups is 1. The molecule has 0 aromatic heterocycles. The molecule has 0 spiro atoms. The van der Waals surface area contributed by atoms with Gasteiger partial charge in [0.15, 0.2) is 17.3 Å². The molecule has 0 atom stereocenters. The van der Waals surface area contributed by atoms with Crippen LogP contribution in [0.3, 0.4) is 0 Å². The van der Waals surface area contributed by atoms with Crippen molar-refractivity contribution in [2.45, 2.75) is 11.8 Å². The Balaban J connectivity index is 1.83. The van der Waals surface area contributed by atoms with Crippen LogP contribution in [0.1, 0.15) is 22.8 Å². The summed E-state index contributed by atoms with van der Waals surface area (Å²) in [6.07, 6.45) is 0. The number of ketones is 1. The van der Waals surface area contributed by atoms with E-state index in [4.69, 9.17) is 21.1 Å². The molecule has 0 radical (unpaired) electrons. The molecular weight excluding hydrogens is 459 g/mol. The highest BCUT2D eigenvalue weighted by Crippen LogP contribution is 2.37. The molecule has 0 unspecified atom stereocenters. The fourth-order valence-corrected chi connectivity index (χ4v) is 4.23. The van der Waals surface area contributed by atoms with Crippen LogP contribution in [-0.2, 0) is 10.0 Å². The molecule has 3 aromatic carbocycles. The molecule has 10 heteroatoms. The van der Waals surface area contributed by atoms with Crippen molar-refractivity contribution in [3.63, 3.8) is 0 Å². The minimum atomic E-state index is -4.04. The van der Waals surface area contributed by atoms with Crippen molar-refractivity contribution in [2.24, 2.45) is 0 Å². The number of nitrogens with one attached hydrogen (secondary N) is 2. The maximum Gasteiger partial charge on any atom is 0.328 e. The van der Waals surface area contributed by atoms with Crippen molar-refractivity contribution in [3.05, 3.63) is 82.6 Å². The van der Waals surface area contributed by atoms with Crippen LogP contribution in [0.4, 0.5) is 10.1 Å². The first-order chi connectivity index (χ1) is 15.2. The first-order valence-electron chi connectivity index (χ1n) is 9.36. The number of rotatable bonds is 5. The molecule has 1 heterocycles. The van der Waals surface area contributed by atoms with Crippen LogP contribution in [0.2, 0.25) is 5.02 Å². The van der Waals surface area contributed by atoms with E-state index in [2.05, 4.69) is 9.71 Å². The number of halogens is 2. The van der Waals surface area contributed by atoms with Crippen molar-refractivity contribution < 1.29 is 31.5 Å². The molecule has 32 heavy (non-hydrogen) atoms. The van der Waals surface area contributed by atoms with Gasteiger partial charge in [0.1, 0.15) is 16.4 Å². The lowest BCUT2D eigenvalue weighted by molar-refractivity contribution is -0.266. The van der Waals surface area contributed by atoms with Gasteiger partial charge in [0.2, 0.25) is 6.79 Å². The van der Waals surface area contributed by atoms with Gasteiger partial charge in [-0.2, -0.15) is 12.8 Å². The second-order valence-electron chi connectivity index (χ2n) is 6.87. The SMILES string of the molecule is CC(=O)c1cc2c(cc1NC(=[NH+]S(=O)(=O)c1ccc(Cl)cc1)c1ccc(F)cc1)OCO2. The van der Waals surface area contributed by atoms with E-state index in [0.29, 0.717) is 27.8 Å². The van der Waals surface area contributed by atoms with E-state index in [1.807, 2.05) is 0 Å². The van der Waals surface area contributed by atoms with Gasteiger partial charge in [-0.15, -0.1) is 0 Å². The van der Waals surface area contributed by atoms with Crippen LogP contribution >= 0.6 is 11.6 Å². The van der Waals surface area contributed by atoms with Crippen molar-refractivity contribution >= 4 is 38.9 Å². The normalized spacial score (nSPS) is 13.2. The molecular formula is C22H17ClFN2O5S+. The maximum absolute atomic E-state index is 13.5. The van der Waals surface area contributed by atoms with Gasteiger partial charge in [-0.25, -0.2) is 9.71 Å². The summed E-state index contributed by atoms with van der Waals surface area (Å²) in [5.41, 5.74) is 0.899. The molecule has 0 fully saturated rings. The number of ether oxygens (including phenoxy) is 2. The third-order valence-corrected chi connectivity index (χ3v) is 6.26. The number of hydrogen-bond donors (Lipinski definition) is 2. The summed E-state index contributed by atoms with van der Waals surface area (Å²) >= 11 is 5.86. The fraction of sp³-hybridized carbons (Fsp3) is 0.0909. The van der Waals surface area contributed by atoms with Crippen LogP contribution in [-0.4, -0.2) is 26.8 Å². The van der Waals surface area contributed by atoms with E-state index in [0.717, 1.165) is 0 Å². The highest BCUT2D eigenvalue weighted by molar-refractivity contribution is 7.84. The smallest absolute Gasteiger partial charge is 0.328 e. The first-order valence-corrected chi connectivity index (χ1v) is 11.2. The Morgan fingerprint density at radius 3 is 2.28 bits per heavy atom. The Kier molecular flexibility index (Phi) is 5.86. The molecule has 1 aliphatic heterocycles. The number of benzene rings is 3. The van der Waals surface area contributed by atoms with E-state index in [1.165, 1.54) is 61.5 Å². The molecule has 0 saturated carbocycles. The maximum atomic E-state index is 13.5. The minimum absolute atomic E-state index is 0.00780. The molecule has 7 nitrogen and oxygen atoms in total. The topological polar surface area (TPSA) is 95.7 Å². The Morgan fingerprint density at radius 2 is 1.66 bits per heavy atom. The predicted molar refractivity (Wildman–Crippen MR) is 116 cm³/mol. The third kappa shape index (κ3) is 4.58. The van der Waals surface area contributed by atoms with Crippen LogP contribution in [0.15, 0.2) is 65.6 Å². The molecule has 2 N–H and O–H groups in total. The summed E-state index contributed by atoms with van der Waals surface area (Å²) in [6, 6.07) is 13.9. The zero-order valence-corrected chi connectivity index (χ0v) is 18.3. The van der Waals surface area contributed by atoms with Crippen molar-refractivity contribution in [1.29, 1.82) is 0 Å². The number of carbonyl (C=O) groups is 1. The van der Waals surface area contributed by atoms with Gasteiger partial charge in [-0.3, -0.25) is 4.79 Å².